The molecule has 1 aromatic heterocycles. The third-order valence-electron chi connectivity index (χ3n) is 3.25. The van der Waals surface area contributed by atoms with Gasteiger partial charge in [0.2, 0.25) is 0 Å². The number of carbonyl (C=O) groups is 1. The zero-order valence-electron chi connectivity index (χ0n) is 10.8. The molecule has 0 fully saturated rings. The fraction of sp³-hybridized carbons (Fsp3) is 0.286. The molecule has 1 heterocycles. The van der Waals surface area contributed by atoms with Gasteiger partial charge in [0.1, 0.15) is 6.04 Å². The Balaban J connectivity index is 2.36. The first kappa shape index (κ1) is 14.0. The monoisotopic (exact) mass is 322 g/mol. The maximum absolute atomic E-state index is 11.0. The highest BCUT2D eigenvalue weighted by Gasteiger charge is 2.17. The molecule has 1 N–H and O–H groups in total. The fourth-order valence-corrected chi connectivity index (χ4v) is 2.40. The topological polar surface area (TPSA) is 53.4 Å². The Morgan fingerprint density at radius 2 is 2.21 bits per heavy atom. The molecule has 2 aromatic rings. The Bertz CT molecular complexity index is 615. The molecule has 0 aliphatic heterocycles. The predicted octanol–water partition coefficient (Wildman–Crippen LogP) is 2.90. The van der Waals surface area contributed by atoms with E-state index in [9.17, 15) is 4.79 Å². The third kappa shape index (κ3) is 2.93. The number of carboxylic acid groups (broad SMARTS) is 1. The van der Waals surface area contributed by atoms with Gasteiger partial charge in [0.15, 0.2) is 0 Å². The van der Waals surface area contributed by atoms with Crippen molar-refractivity contribution in [3.8, 4) is 0 Å². The summed E-state index contributed by atoms with van der Waals surface area (Å²) in [6, 6.07) is 7.32. The van der Waals surface area contributed by atoms with Gasteiger partial charge in [-0.25, -0.2) is 0 Å². The van der Waals surface area contributed by atoms with E-state index in [1.165, 1.54) is 0 Å². The van der Waals surface area contributed by atoms with Gasteiger partial charge in [-0.15, -0.1) is 0 Å². The van der Waals surface area contributed by atoms with Crippen molar-refractivity contribution < 1.29 is 9.90 Å². The minimum absolute atomic E-state index is 0.518. The molecule has 1 unspecified atom stereocenters. The molecule has 19 heavy (non-hydrogen) atoms. The molecule has 0 saturated carbocycles. The highest BCUT2D eigenvalue weighted by atomic mass is 79.9. The molecule has 0 saturated heterocycles. The number of carboxylic acids is 1. The summed E-state index contributed by atoms with van der Waals surface area (Å²) in [5.74, 6) is -0.818. The minimum Gasteiger partial charge on any atom is -0.480 e. The molecule has 2 rings (SSSR count). The van der Waals surface area contributed by atoms with Gasteiger partial charge in [0, 0.05) is 22.6 Å². The number of hydrogen-bond donors (Lipinski definition) is 1. The fourth-order valence-electron chi connectivity index (χ4n) is 1.93. The van der Waals surface area contributed by atoms with Crippen LogP contribution in [0.3, 0.4) is 0 Å². The quantitative estimate of drug-likeness (QED) is 0.940. The first-order valence-electron chi connectivity index (χ1n) is 5.96. The summed E-state index contributed by atoms with van der Waals surface area (Å²) in [7, 11) is 1.81. The lowest BCUT2D eigenvalue weighted by molar-refractivity contribution is -0.142. The van der Waals surface area contributed by atoms with Crippen LogP contribution >= 0.6 is 15.9 Å². The summed E-state index contributed by atoms with van der Waals surface area (Å²) in [6.07, 6.45) is 1.75. The number of hydrogen-bond acceptors (Lipinski definition) is 3. The largest absolute Gasteiger partial charge is 0.480 e. The summed E-state index contributed by atoms with van der Waals surface area (Å²) < 4.78 is 0.945. The van der Waals surface area contributed by atoms with Crippen LogP contribution in [0.4, 0.5) is 0 Å². The zero-order chi connectivity index (χ0) is 14.0. The van der Waals surface area contributed by atoms with E-state index in [1.807, 2.05) is 31.3 Å². The van der Waals surface area contributed by atoms with Gasteiger partial charge >= 0.3 is 5.97 Å². The normalized spacial score (nSPS) is 12.8. The van der Waals surface area contributed by atoms with Gasteiger partial charge in [0.25, 0.3) is 0 Å². The lowest BCUT2D eigenvalue weighted by Crippen LogP contribution is -2.35. The number of aliphatic carboxylic acids is 1. The summed E-state index contributed by atoms with van der Waals surface area (Å²) in [5, 5.41) is 10.1. The minimum atomic E-state index is -0.818. The van der Waals surface area contributed by atoms with E-state index < -0.39 is 12.0 Å². The van der Waals surface area contributed by atoms with Crippen LogP contribution < -0.4 is 0 Å². The van der Waals surface area contributed by atoms with E-state index in [0.717, 1.165) is 20.9 Å². The van der Waals surface area contributed by atoms with Crippen molar-refractivity contribution in [1.82, 2.24) is 9.88 Å². The molecule has 0 radical (unpaired) electrons. The first-order valence-corrected chi connectivity index (χ1v) is 6.75. The van der Waals surface area contributed by atoms with Crippen LogP contribution in [0.25, 0.3) is 10.9 Å². The molecule has 100 valence electrons. The van der Waals surface area contributed by atoms with Gasteiger partial charge < -0.3 is 5.11 Å². The van der Waals surface area contributed by atoms with E-state index in [1.54, 1.807) is 18.0 Å². The summed E-state index contributed by atoms with van der Waals surface area (Å²) in [4.78, 5) is 17.1. The highest BCUT2D eigenvalue weighted by molar-refractivity contribution is 9.10. The Morgan fingerprint density at radius 1 is 1.47 bits per heavy atom. The standard InChI is InChI=1S/C14H15BrN2O2/c1-9(14(18)19)17(2)8-10-6-7-16-13-11(10)4-3-5-12(13)15/h3-7,9H,8H2,1-2H3,(H,18,19). The molecule has 5 heteroatoms. The second kappa shape index (κ2) is 5.67. The molecule has 0 bridgehead atoms. The van der Waals surface area contributed by atoms with Crippen LogP contribution in [-0.4, -0.2) is 34.0 Å². The Morgan fingerprint density at radius 3 is 2.89 bits per heavy atom. The van der Waals surface area contributed by atoms with Crippen molar-refractivity contribution in [2.75, 3.05) is 7.05 Å². The van der Waals surface area contributed by atoms with Gasteiger partial charge in [-0.05, 0) is 47.6 Å². The van der Waals surface area contributed by atoms with Crippen molar-refractivity contribution in [3.63, 3.8) is 0 Å². The second-order valence-corrected chi connectivity index (χ2v) is 5.39. The maximum Gasteiger partial charge on any atom is 0.320 e. The van der Waals surface area contributed by atoms with Crippen molar-refractivity contribution in [1.29, 1.82) is 0 Å². The van der Waals surface area contributed by atoms with E-state index in [2.05, 4.69) is 20.9 Å². The summed E-state index contributed by atoms with van der Waals surface area (Å²) in [5.41, 5.74) is 1.97. The molecular weight excluding hydrogens is 308 g/mol. The molecular formula is C14H15BrN2O2. The van der Waals surface area contributed by atoms with Gasteiger partial charge in [0.05, 0.1) is 5.52 Å². The number of nitrogens with zero attached hydrogens (tertiary/aromatic N) is 2. The molecule has 1 aromatic carbocycles. The maximum atomic E-state index is 11.0. The van der Waals surface area contributed by atoms with Crippen LogP contribution in [0, 0.1) is 0 Å². The average Bonchev–Trinajstić information content (AvgIpc) is 2.39. The zero-order valence-corrected chi connectivity index (χ0v) is 12.4. The van der Waals surface area contributed by atoms with Crippen molar-refractivity contribution in [2.24, 2.45) is 0 Å². The van der Waals surface area contributed by atoms with Gasteiger partial charge in [-0.3, -0.25) is 14.7 Å². The molecule has 4 nitrogen and oxygen atoms in total. The number of rotatable bonds is 4. The molecule has 0 aliphatic carbocycles. The summed E-state index contributed by atoms with van der Waals surface area (Å²) >= 11 is 3.48. The van der Waals surface area contributed by atoms with E-state index in [-0.39, 0.29) is 0 Å². The smallest absolute Gasteiger partial charge is 0.320 e. The van der Waals surface area contributed by atoms with E-state index in [0.29, 0.717) is 6.54 Å². The number of pyridine rings is 1. The van der Waals surface area contributed by atoms with Crippen LogP contribution in [0.1, 0.15) is 12.5 Å². The number of aromatic nitrogens is 1. The second-order valence-electron chi connectivity index (χ2n) is 4.54. The van der Waals surface area contributed by atoms with E-state index >= 15 is 0 Å². The molecule has 1 atom stereocenters. The highest BCUT2D eigenvalue weighted by Crippen LogP contribution is 2.25. The number of benzene rings is 1. The first-order chi connectivity index (χ1) is 9.00. The Hall–Kier alpha value is -1.46. The predicted molar refractivity (Wildman–Crippen MR) is 78.0 cm³/mol. The van der Waals surface area contributed by atoms with E-state index in [4.69, 9.17) is 5.11 Å². The number of halogens is 1. The lowest BCUT2D eigenvalue weighted by Gasteiger charge is -2.21. The van der Waals surface area contributed by atoms with Crippen molar-refractivity contribution in [3.05, 3.63) is 40.5 Å². The number of likely N-dealkylation sites (N-methyl/N-ethyl adjacent to an activating group) is 1. The average molecular weight is 323 g/mol. The number of para-hydroxylation sites is 1. The molecule has 0 amide bonds. The SMILES string of the molecule is CC(C(=O)O)N(C)Cc1ccnc2c(Br)cccc12. The van der Waals surface area contributed by atoms with Crippen LogP contribution in [0.2, 0.25) is 0 Å². The van der Waals surface area contributed by atoms with Crippen LogP contribution in [0.15, 0.2) is 34.9 Å². The summed E-state index contributed by atoms with van der Waals surface area (Å²) in [6.45, 7) is 2.25. The van der Waals surface area contributed by atoms with Crippen LogP contribution in [0.5, 0.6) is 0 Å². The van der Waals surface area contributed by atoms with Crippen molar-refractivity contribution in [2.45, 2.75) is 19.5 Å². The lowest BCUT2D eigenvalue weighted by atomic mass is 10.1. The Labute approximate surface area is 120 Å². The number of fused-ring (bicyclic) bond motifs is 1. The molecule has 0 aliphatic rings. The third-order valence-corrected chi connectivity index (χ3v) is 3.89. The Kier molecular flexibility index (Phi) is 4.17. The van der Waals surface area contributed by atoms with Gasteiger partial charge in [-0.1, -0.05) is 12.1 Å². The molecule has 0 spiro atoms. The van der Waals surface area contributed by atoms with Crippen molar-refractivity contribution >= 4 is 32.8 Å². The van der Waals surface area contributed by atoms with Gasteiger partial charge in [-0.2, -0.15) is 0 Å². The van der Waals surface area contributed by atoms with Crippen LogP contribution in [-0.2, 0) is 11.3 Å².